The minimum absolute atomic E-state index is 0.0636. The van der Waals surface area contributed by atoms with E-state index < -0.39 is 27.1 Å². The van der Waals surface area contributed by atoms with Crippen molar-refractivity contribution < 1.29 is 46.3 Å². The van der Waals surface area contributed by atoms with Gasteiger partial charge in [-0.1, -0.05) is 24.3 Å². The summed E-state index contributed by atoms with van der Waals surface area (Å²) in [5.74, 6) is -1.63. The molecule has 0 saturated heterocycles. The fourth-order valence-electron chi connectivity index (χ4n) is 2.95. The lowest BCUT2D eigenvalue weighted by Crippen LogP contribution is -2.11. The van der Waals surface area contributed by atoms with Crippen molar-refractivity contribution in [2.24, 2.45) is 0 Å². The second-order valence-electron chi connectivity index (χ2n) is 6.83. The van der Waals surface area contributed by atoms with Crippen LogP contribution in [0.5, 0.6) is 0 Å². The van der Waals surface area contributed by atoms with E-state index in [4.69, 9.17) is 27.6 Å². The lowest BCUT2D eigenvalue weighted by atomic mass is 10.1. The van der Waals surface area contributed by atoms with Gasteiger partial charge in [-0.15, -0.1) is 0 Å². The smallest absolute Gasteiger partial charge is 0.368 e. The van der Waals surface area contributed by atoms with Crippen LogP contribution in [-0.2, 0) is 46.3 Å². The predicted molar refractivity (Wildman–Crippen MR) is 137 cm³/mol. The Morgan fingerprint density at radius 2 is 0.861 bits per heavy atom. The van der Waals surface area contributed by atoms with E-state index in [2.05, 4.69) is 0 Å². The number of esters is 2. The van der Waals surface area contributed by atoms with E-state index >= 15 is 0 Å². The summed E-state index contributed by atoms with van der Waals surface area (Å²) in [4.78, 5) is 25.2. The number of ether oxygens (including phenoxy) is 2. The van der Waals surface area contributed by atoms with Crippen LogP contribution in [0.4, 0.5) is 0 Å². The van der Waals surface area contributed by atoms with E-state index in [1.807, 2.05) is 0 Å². The minimum atomic E-state index is -3.93. The van der Waals surface area contributed by atoms with E-state index in [1.54, 1.807) is 65.8 Å². The van der Waals surface area contributed by atoms with E-state index in [1.165, 1.54) is 12.2 Å². The third-order valence-electron chi connectivity index (χ3n) is 4.30. The van der Waals surface area contributed by atoms with Gasteiger partial charge in [0.2, 0.25) is 0 Å². The Morgan fingerprint density at radius 1 is 0.583 bits per heavy atom. The number of carbonyl (C=O) groups excluding carboxylic acids is 2. The van der Waals surface area contributed by atoms with Gasteiger partial charge in [0.15, 0.2) is 0 Å². The van der Waals surface area contributed by atoms with Crippen LogP contribution in [0.25, 0.3) is 12.2 Å². The number of hydrogen-bond donors (Lipinski definition) is 0. The van der Waals surface area contributed by atoms with Crippen molar-refractivity contribution in [2.45, 2.75) is 41.5 Å². The summed E-state index contributed by atoms with van der Waals surface area (Å²) in [5.41, 5.74) is 0.982. The van der Waals surface area contributed by atoms with Gasteiger partial charge in [-0.2, -0.15) is 0 Å². The van der Waals surface area contributed by atoms with Crippen LogP contribution in [-0.4, -0.2) is 51.6 Å². The van der Waals surface area contributed by atoms with Crippen molar-refractivity contribution in [2.75, 3.05) is 39.6 Å². The van der Waals surface area contributed by atoms with E-state index in [0.29, 0.717) is 11.1 Å². The zero-order valence-corrected chi connectivity index (χ0v) is 23.5. The van der Waals surface area contributed by atoms with E-state index in [9.17, 15) is 18.7 Å². The van der Waals surface area contributed by atoms with Crippen LogP contribution in [0, 0.1) is 0 Å². The molecule has 0 aromatic heterocycles. The normalized spacial score (nSPS) is 12.9. The van der Waals surface area contributed by atoms with Gasteiger partial charge in [0.1, 0.15) is 10.6 Å². The summed E-state index contributed by atoms with van der Waals surface area (Å²) in [5, 5.41) is -0.471. The second-order valence-corrected chi connectivity index (χ2v) is 10.8. The molecule has 0 aliphatic carbocycles. The van der Waals surface area contributed by atoms with Gasteiger partial charge in [-0.05, 0) is 64.8 Å². The van der Waals surface area contributed by atoms with Gasteiger partial charge >= 0.3 is 27.1 Å². The molecular weight excluding hydrogens is 510 g/mol. The molecule has 0 bridgehead atoms. The average Bonchev–Trinajstić information content (AvgIpc) is 2.82. The van der Waals surface area contributed by atoms with Crippen LogP contribution in [0.1, 0.15) is 52.7 Å². The summed E-state index contributed by atoms with van der Waals surface area (Å²) >= 11 is 0. The van der Waals surface area contributed by atoms with Gasteiger partial charge in [-0.3, -0.25) is 9.13 Å². The highest BCUT2D eigenvalue weighted by Crippen LogP contribution is 2.58. The zero-order valence-electron chi connectivity index (χ0n) is 21.7. The molecule has 1 aromatic carbocycles. The first-order chi connectivity index (χ1) is 17.1. The molecular formula is C24H36O10P2. The van der Waals surface area contributed by atoms with Crippen LogP contribution >= 0.6 is 15.2 Å². The molecule has 0 radical (unpaired) electrons. The van der Waals surface area contributed by atoms with Crippen molar-refractivity contribution in [3.63, 3.8) is 0 Å². The Hall–Kier alpha value is -2.06. The molecule has 0 aliphatic rings. The SMILES string of the molecule is CCOC(=O)C(=Cc1ccc(C=C(C(=O)OCC)P(=O)(OCC)OCC)cc1)P(=O)(OCC)OCC. The highest BCUT2D eigenvalue weighted by Gasteiger charge is 2.37. The lowest BCUT2D eigenvalue weighted by molar-refractivity contribution is -0.138. The van der Waals surface area contributed by atoms with Gasteiger partial charge in [0.05, 0.1) is 39.6 Å². The highest BCUT2D eigenvalue weighted by molar-refractivity contribution is 7.60. The van der Waals surface area contributed by atoms with Crippen molar-refractivity contribution in [1.29, 1.82) is 0 Å². The molecule has 0 amide bonds. The first kappa shape index (κ1) is 32.0. The van der Waals surface area contributed by atoms with Gasteiger partial charge in [-0.25, -0.2) is 9.59 Å². The third-order valence-corrected chi connectivity index (χ3v) is 8.49. The van der Waals surface area contributed by atoms with Crippen molar-refractivity contribution in [3.05, 3.63) is 46.0 Å². The van der Waals surface area contributed by atoms with Crippen LogP contribution in [0.2, 0.25) is 0 Å². The summed E-state index contributed by atoms with van der Waals surface area (Å²) in [6.07, 6.45) is 2.74. The zero-order chi connectivity index (χ0) is 27.2. The Morgan fingerprint density at radius 3 is 1.08 bits per heavy atom. The Labute approximate surface area is 213 Å². The maximum absolute atomic E-state index is 13.3. The Bertz CT molecular complexity index is 913. The van der Waals surface area contributed by atoms with E-state index in [-0.39, 0.29) is 50.3 Å². The Balaban J connectivity index is 3.54. The molecule has 0 heterocycles. The molecule has 202 valence electrons. The van der Waals surface area contributed by atoms with Gasteiger partial charge < -0.3 is 27.6 Å². The summed E-state index contributed by atoms with van der Waals surface area (Å²) in [6, 6.07) is 6.45. The monoisotopic (exact) mass is 546 g/mol. The minimum Gasteiger partial charge on any atom is -0.462 e. The first-order valence-electron chi connectivity index (χ1n) is 11.8. The molecule has 0 atom stereocenters. The maximum atomic E-state index is 13.3. The molecule has 1 rings (SSSR count). The van der Waals surface area contributed by atoms with Crippen molar-refractivity contribution in [3.8, 4) is 0 Å². The summed E-state index contributed by atoms with van der Waals surface area (Å²) in [6.45, 7) is 10.2. The fraction of sp³-hybridized carbons (Fsp3) is 0.500. The maximum Gasteiger partial charge on any atom is 0.368 e. The van der Waals surface area contributed by atoms with Crippen molar-refractivity contribution in [1.82, 2.24) is 0 Å². The Kier molecular flexibility index (Phi) is 14.1. The molecule has 0 saturated carbocycles. The number of benzene rings is 1. The summed E-state index contributed by atoms with van der Waals surface area (Å²) < 4.78 is 58.0. The second kappa shape index (κ2) is 15.9. The molecule has 10 nitrogen and oxygen atoms in total. The predicted octanol–water partition coefficient (Wildman–Crippen LogP) is 6.03. The topological polar surface area (TPSA) is 124 Å². The molecule has 0 aliphatic heterocycles. The van der Waals surface area contributed by atoms with Crippen LogP contribution in [0.15, 0.2) is 34.9 Å². The fourth-order valence-corrected chi connectivity index (χ4v) is 6.20. The van der Waals surface area contributed by atoms with Crippen LogP contribution < -0.4 is 0 Å². The third kappa shape index (κ3) is 9.11. The molecule has 0 spiro atoms. The molecule has 0 unspecified atom stereocenters. The van der Waals surface area contributed by atoms with Gasteiger partial charge in [0, 0.05) is 0 Å². The van der Waals surface area contributed by atoms with Crippen molar-refractivity contribution >= 4 is 39.3 Å². The molecule has 0 fully saturated rings. The lowest BCUT2D eigenvalue weighted by Gasteiger charge is -2.19. The number of hydrogen-bond acceptors (Lipinski definition) is 10. The average molecular weight is 546 g/mol. The number of rotatable bonds is 16. The summed E-state index contributed by atoms with van der Waals surface area (Å²) in [7, 11) is -7.86. The quantitative estimate of drug-likeness (QED) is 0.138. The number of carbonyl (C=O) groups is 2. The standard InChI is InChI=1S/C24H36O10P2/c1-7-29-23(25)21(35(27,31-9-3)32-10-4)17-19-13-15-20(16-14-19)18-22(24(26)30-8-2)36(28,33-11-5)34-12-6/h13-18H,7-12H2,1-6H3. The highest BCUT2D eigenvalue weighted by atomic mass is 31.2. The molecule has 36 heavy (non-hydrogen) atoms. The largest absolute Gasteiger partial charge is 0.462 e. The van der Waals surface area contributed by atoms with Crippen LogP contribution in [0.3, 0.4) is 0 Å². The van der Waals surface area contributed by atoms with E-state index in [0.717, 1.165) is 0 Å². The molecule has 0 N–H and O–H groups in total. The van der Waals surface area contributed by atoms with Gasteiger partial charge in [0.25, 0.3) is 0 Å². The first-order valence-corrected chi connectivity index (χ1v) is 14.9. The molecule has 1 aromatic rings. The molecule has 12 heteroatoms.